The van der Waals surface area contributed by atoms with Crippen LogP contribution < -0.4 is 10.2 Å². The summed E-state index contributed by atoms with van der Waals surface area (Å²) in [7, 11) is 0. The van der Waals surface area contributed by atoms with E-state index in [-0.39, 0.29) is 0 Å². The van der Waals surface area contributed by atoms with Gasteiger partial charge in [0.1, 0.15) is 18.0 Å². The highest BCUT2D eigenvalue weighted by atomic mass is 16.5. The van der Waals surface area contributed by atoms with Crippen LogP contribution in [-0.2, 0) is 4.74 Å². The summed E-state index contributed by atoms with van der Waals surface area (Å²) in [5.41, 5.74) is 0. The van der Waals surface area contributed by atoms with E-state index in [1.165, 1.54) is 25.7 Å². The number of hydrogen-bond donors (Lipinski definition) is 1. The van der Waals surface area contributed by atoms with Gasteiger partial charge in [-0.25, -0.2) is 9.97 Å². The minimum atomic E-state index is 0.610. The molecule has 2 saturated heterocycles. The third kappa shape index (κ3) is 3.35. The minimum Gasteiger partial charge on any atom is -0.381 e. The SMILES string of the molecule is c1nc(NCC2CCCOC2)cc(N2CCCC2)n1. The lowest BCUT2D eigenvalue weighted by atomic mass is 10.0. The molecule has 1 aromatic rings. The van der Waals surface area contributed by atoms with Crippen molar-refractivity contribution in [2.24, 2.45) is 5.92 Å². The number of nitrogens with zero attached hydrogens (tertiary/aromatic N) is 3. The molecule has 0 aromatic carbocycles. The highest BCUT2D eigenvalue weighted by Crippen LogP contribution is 2.20. The van der Waals surface area contributed by atoms with Gasteiger partial charge in [0.15, 0.2) is 0 Å². The van der Waals surface area contributed by atoms with Gasteiger partial charge in [-0.1, -0.05) is 0 Å². The summed E-state index contributed by atoms with van der Waals surface area (Å²) in [6.07, 6.45) is 6.62. The van der Waals surface area contributed by atoms with Crippen LogP contribution in [0.4, 0.5) is 11.6 Å². The van der Waals surface area contributed by atoms with Crippen molar-refractivity contribution in [3.05, 3.63) is 12.4 Å². The second kappa shape index (κ2) is 6.19. The van der Waals surface area contributed by atoms with Gasteiger partial charge < -0.3 is 15.0 Å². The molecule has 0 spiro atoms. The molecule has 104 valence electrons. The van der Waals surface area contributed by atoms with Crippen molar-refractivity contribution in [1.82, 2.24) is 9.97 Å². The Labute approximate surface area is 114 Å². The molecule has 2 fully saturated rings. The Kier molecular flexibility index (Phi) is 4.13. The van der Waals surface area contributed by atoms with Crippen LogP contribution in [0.1, 0.15) is 25.7 Å². The van der Waals surface area contributed by atoms with Gasteiger partial charge in [-0.2, -0.15) is 0 Å². The lowest BCUT2D eigenvalue weighted by Gasteiger charge is -2.22. The average Bonchev–Trinajstić information content (AvgIpc) is 3.01. The van der Waals surface area contributed by atoms with Gasteiger partial charge in [-0.3, -0.25) is 0 Å². The third-order valence-corrected chi connectivity index (χ3v) is 3.91. The Morgan fingerprint density at radius 3 is 2.95 bits per heavy atom. The molecule has 5 nitrogen and oxygen atoms in total. The van der Waals surface area contributed by atoms with E-state index in [2.05, 4.69) is 26.3 Å². The van der Waals surface area contributed by atoms with Gasteiger partial charge in [0.05, 0.1) is 6.61 Å². The summed E-state index contributed by atoms with van der Waals surface area (Å²) in [5, 5.41) is 3.42. The maximum atomic E-state index is 5.49. The highest BCUT2D eigenvalue weighted by molar-refractivity contribution is 5.48. The molecule has 3 heterocycles. The predicted octanol–water partition coefficient (Wildman–Crippen LogP) is 1.92. The Balaban J connectivity index is 1.56. The zero-order valence-electron chi connectivity index (χ0n) is 11.3. The average molecular weight is 262 g/mol. The predicted molar refractivity (Wildman–Crippen MR) is 75.5 cm³/mol. The van der Waals surface area contributed by atoms with Gasteiger partial charge in [0, 0.05) is 32.3 Å². The fourth-order valence-electron chi connectivity index (χ4n) is 2.78. The summed E-state index contributed by atoms with van der Waals surface area (Å²) in [5.74, 6) is 2.59. The summed E-state index contributed by atoms with van der Waals surface area (Å²) in [4.78, 5) is 11.0. The number of anilines is 2. The Morgan fingerprint density at radius 1 is 1.26 bits per heavy atom. The van der Waals surface area contributed by atoms with Crippen molar-refractivity contribution in [3.63, 3.8) is 0 Å². The zero-order valence-corrected chi connectivity index (χ0v) is 11.3. The Bertz CT molecular complexity index is 400. The van der Waals surface area contributed by atoms with Crippen molar-refractivity contribution in [3.8, 4) is 0 Å². The number of hydrogen-bond acceptors (Lipinski definition) is 5. The zero-order chi connectivity index (χ0) is 12.9. The summed E-state index contributed by atoms with van der Waals surface area (Å²) in [6, 6.07) is 2.06. The summed E-state index contributed by atoms with van der Waals surface area (Å²) < 4.78 is 5.49. The highest BCUT2D eigenvalue weighted by Gasteiger charge is 2.16. The van der Waals surface area contributed by atoms with Crippen LogP contribution in [0.5, 0.6) is 0 Å². The first-order chi connectivity index (χ1) is 9.42. The normalized spacial score (nSPS) is 23.6. The minimum absolute atomic E-state index is 0.610. The van der Waals surface area contributed by atoms with Crippen molar-refractivity contribution in [2.75, 3.05) is 43.1 Å². The van der Waals surface area contributed by atoms with Crippen LogP contribution in [0.15, 0.2) is 12.4 Å². The molecule has 0 aliphatic carbocycles. The van der Waals surface area contributed by atoms with Gasteiger partial charge in [0.25, 0.3) is 0 Å². The van der Waals surface area contributed by atoms with Crippen LogP contribution in [0.2, 0.25) is 0 Å². The van der Waals surface area contributed by atoms with Crippen molar-refractivity contribution < 1.29 is 4.74 Å². The van der Waals surface area contributed by atoms with Crippen LogP contribution in [-0.4, -0.2) is 42.8 Å². The van der Waals surface area contributed by atoms with E-state index >= 15 is 0 Å². The molecular formula is C14H22N4O. The second-order valence-electron chi connectivity index (χ2n) is 5.42. The summed E-state index contributed by atoms with van der Waals surface area (Å²) >= 11 is 0. The van der Waals surface area contributed by atoms with Crippen LogP contribution >= 0.6 is 0 Å². The lowest BCUT2D eigenvalue weighted by molar-refractivity contribution is 0.0595. The summed E-state index contributed by atoms with van der Waals surface area (Å²) in [6.45, 7) is 4.97. The Morgan fingerprint density at radius 2 is 2.16 bits per heavy atom. The standard InChI is InChI=1S/C14H22N4O/c1-2-6-18(5-1)14-8-13(16-11-17-14)15-9-12-4-3-7-19-10-12/h8,11-12H,1-7,9-10H2,(H,15,16,17). The molecule has 2 aliphatic rings. The Hall–Kier alpha value is -1.36. The van der Waals surface area contributed by atoms with Crippen LogP contribution in [0, 0.1) is 5.92 Å². The molecule has 3 rings (SSSR count). The molecule has 1 unspecified atom stereocenters. The molecule has 1 aromatic heterocycles. The first-order valence-corrected chi connectivity index (χ1v) is 7.30. The molecule has 0 bridgehead atoms. The third-order valence-electron chi connectivity index (χ3n) is 3.91. The second-order valence-corrected chi connectivity index (χ2v) is 5.42. The molecule has 0 amide bonds. The maximum absolute atomic E-state index is 5.49. The molecule has 0 radical (unpaired) electrons. The lowest BCUT2D eigenvalue weighted by Crippen LogP contribution is -2.25. The van der Waals surface area contributed by atoms with E-state index in [0.29, 0.717) is 5.92 Å². The van der Waals surface area contributed by atoms with Crippen molar-refractivity contribution in [1.29, 1.82) is 0 Å². The van der Waals surface area contributed by atoms with E-state index in [1.807, 2.05) is 0 Å². The topological polar surface area (TPSA) is 50.3 Å². The van der Waals surface area contributed by atoms with E-state index in [1.54, 1.807) is 6.33 Å². The smallest absolute Gasteiger partial charge is 0.134 e. The van der Waals surface area contributed by atoms with E-state index in [9.17, 15) is 0 Å². The monoisotopic (exact) mass is 262 g/mol. The fraction of sp³-hybridized carbons (Fsp3) is 0.714. The van der Waals surface area contributed by atoms with Gasteiger partial charge in [-0.05, 0) is 31.6 Å². The van der Waals surface area contributed by atoms with Crippen molar-refractivity contribution in [2.45, 2.75) is 25.7 Å². The molecule has 5 heteroatoms. The number of aromatic nitrogens is 2. The molecular weight excluding hydrogens is 240 g/mol. The number of nitrogens with one attached hydrogen (secondary N) is 1. The molecule has 0 saturated carbocycles. The number of ether oxygens (including phenoxy) is 1. The fourth-order valence-corrected chi connectivity index (χ4v) is 2.78. The quantitative estimate of drug-likeness (QED) is 0.898. The molecule has 2 aliphatic heterocycles. The van der Waals surface area contributed by atoms with E-state index in [0.717, 1.165) is 44.5 Å². The van der Waals surface area contributed by atoms with Gasteiger partial charge >= 0.3 is 0 Å². The first kappa shape index (κ1) is 12.7. The van der Waals surface area contributed by atoms with E-state index in [4.69, 9.17) is 4.74 Å². The van der Waals surface area contributed by atoms with E-state index < -0.39 is 0 Å². The largest absolute Gasteiger partial charge is 0.381 e. The molecule has 1 N–H and O–H groups in total. The van der Waals surface area contributed by atoms with Crippen LogP contribution in [0.25, 0.3) is 0 Å². The van der Waals surface area contributed by atoms with Crippen molar-refractivity contribution >= 4 is 11.6 Å². The molecule has 19 heavy (non-hydrogen) atoms. The number of rotatable bonds is 4. The van der Waals surface area contributed by atoms with Crippen LogP contribution in [0.3, 0.4) is 0 Å². The van der Waals surface area contributed by atoms with Gasteiger partial charge in [0.2, 0.25) is 0 Å². The van der Waals surface area contributed by atoms with Gasteiger partial charge in [-0.15, -0.1) is 0 Å². The maximum Gasteiger partial charge on any atom is 0.134 e. The molecule has 1 atom stereocenters. The first-order valence-electron chi connectivity index (χ1n) is 7.30.